The number of nitrogens with zero attached hydrogens (tertiary/aromatic N) is 3. The molecule has 0 amide bonds. The Morgan fingerprint density at radius 3 is 2.50 bits per heavy atom. The Hall–Kier alpha value is -2.61. The van der Waals surface area contributed by atoms with Crippen LogP contribution in [0.4, 0.5) is 5.69 Å². The SMILES string of the molecule is Cl.O=C(OC(Cn1ccnc1)c1ccc(Cl)cc1Cl)c1ccc([N+](=O)[O-])cc1. The van der Waals surface area contributed by atoms with Crippen LogP contribution in [-0.2, 0) is 11.3 Å². The zero-order chi connectivity index (χ0) is 19.4. The highest BCUT2D eigenvalue weighted by Crippen LogP contribution is 2.30. The molecule has 10 heteroatoms. The van der Waals surface area contributed by atoms with Gasteiger partial charge in [0.2, 0.25) is 0 Å². The van der Waals surface area contributed by atoms with Gasteiger partial charge in [0.15, 0.2) is 0 Å². The number of ether oxygens (including phenoxy) is 1. The number of rotatable bonds is 6. The first-order valence-electron chi connectivity index (χ1n) is 7.80. The average Bonchev–Trinajstić information content (AvgIpc) is 3.14. The van der Waals surface area contributed by atoms with Crippen molar-refractivity contribution in [3.05, 3.63) is 92.5 Å². The normalized spacial score (nSPS) is 11.4. The van der Waals surface area contributed by atoms with Gasteiger partial charge in [0.1, 0.15) is 6.10 Å². The van der Waals surface area contributed by atoms with Crippen LogP contribution in [0, 0.1) is 10.1 Å². The lowest BCUT2D eigenvalue weighted by molar-refractivity contribution is -0.384. The summed E-state index contributed by atoms with van der Waals surface area (Å²) in [6, 6.07) is 10.1. The molecular weight excluding hydrogens is 429 g/mol. The smallest absolute Gasteiger partial charge is 0.338 e. The number of hydrogen-bond donors (Lipinski definition) is 0. The van der Waals surface area contributed by atoms with Gasteiger partial charge < -0.3 is 9.30 Å². The number of nitro groups is 1. The summed E-state index contributed by atoms with van der Waals surface area (Å²) in [5, 5.41) is 11.6. The maximum Gasteiger partial charge on any atom is 0.338 e. The van der Waals surface area contributed by atoms with Gasteiger partial charge in [0.05, 0.1) is 23.4 Å². The number of imidazole rings is 1. The fourth-order valence-electron chi connectivity index (χ4n) is 2.46. The van der Waals surface area contributed by atoms with Gasteiger partial charge in [-0.25, -0.2) is 9.78 Å². The van der Waals surface area contributed by atoms with E-state index in [0.717, 1.165) is 0 Å². The van der Waals surface area contributed by atoms with E-state index in [1.807, 2.05) is 0 Å². The van der Waals surface area contributed by atoms with E-state index in [4.69, 9.17) is 27.9 Å². The standard InChI is InChI=1S/C18H13Cl2N3O4.ClH/c19-13-3-6-15(16(20)9-13)17(10-22-8-7-21-11-22)27-18(24)12-1-4-14(5-2-12)23(25)26;/h1-9,11,17H,10H2;1H. The number of benzene rings is 2. The van der Waals surface area contributed by atoms with Crippen LogP contribution in [0.2, 0.25) is 10.0 Å². The number of halogens is 3. The first kappa shape index (κ1) is 21.7. The highest BCUT2D eigenvalue weighted by Gasteiger charge is 2.22. The molecule has 0 spiro atoms. The molecule has 1 unspecified atom stereocenters. The van der Waals surface area contributed by atoms with Crippen molar-refractivity contribution in [2.24, 2.45) is 0 Å². The van der Waals surface area contributed by atoms with Gasteiger partial charge in [0, 0.05) is 40.1 Å². The number of non-ortho nitro benzene ring substituents is 1. The minimum absolute atomic E-state index is 0. The third-order valence-corrected chi connectivity index (χ3v) is 4.37. The minimum atomic E-state index is -0.702. The van der Waals surface area contributed by atoms with Crippen molar-refractivity contribution >= 4 is 47.3 Å². The summed E-state index contributed by atoms with van der Waals surface area (Å²) in [5.41, 5.74) is 0.675. The van der Waals surface area contributed by atoms with Gasteiger partial charge in [-0.15, -0.1) is 12.4 Å². The van der Waals surface area contributed by atoms with Crippen LogP contribution in [-0.4, -0.2) is 20.4 Å². The molecule has 3 aromatic rings. The van der Waals surface area contributed by atoms with E-state index in [2.05, 4.69) is 4.98 Å². The molecule has 0 fully saturated rings. The first-order valence-corrected chi connectivity index (χ1v) is 8.56. The molecule has 28 heavy (non-hydrogen) atoms. The minimum Gasteiger partial charge on any atom is -0.452 e. The molecule has 0 bridgehead atoms. The number of esters is 1. The number of hydrogen-bond acceptors (Lipinski definition) is 5. The van der Waals surface area contributed by atoms with Crippen molar-refractivity contribution in [3.63, 3.8) is 0 Å². The molecule has 0 aliphatic carbocycles. The average molecular weight is 443 g/mol. The molecule has 0 saturated carbocycles. The van der Waals surface area contributed by atoms with Crippen molar-refractivity contribution in [1.29, 1.82) is 0 Å². The Morgan fingerprint density at radius 2 is 1.93 bits per heavy atom. The van der Waals surface area contributed by atoms with Gasteiger partial charge in [-0.05, 0) is 24.3 Å². The second-order valence-electron chi connectivity index (χ2n) is 5.62. The van der Waals surface area contributed by atoms with Gasteiger partial charge >= 0.3 is 5.97 Å². The zero-order valence-corrected chi connectivity index (χ0v) is 16.5. The molecule has 146 valence electrons. The van der Waals surface area contributed by atoms with Crippen LogP contribution in [0.3, 0.4) is 0 Å². The number of carbonyl (C=O) groups excluding carboxylic acids is 1. The Morgan fingerprint density at radius 1 is 1.21 bits per heavy atom. The molecule has 7 nitrogen and oxygen atoms in total. The van der Waals surface area contributed by atoms with Crippen LogP contribution in [0.1, 0.15) is 22.0 Å². The predicted octanol–water partition coefficient (Wildman–Crippen LogP) is 5.12. The van der Waals surface area contributed by atoms with Crippen LogP contribution in [0.5, 0.6) is 0 Å². The third kappa shape index (κ3) is 5.22. The summed E-state index contributed by atoms with van der Waals surface area (Å²) in [6.45, 7) is 0.292. The topological polar surface area (TPSA) is 87.3 Å². The first-order chi connectivity index (χ1) is 12.9. The van der Waals surface area contributed by atoms with E-state index in [1.54, 1.807) is 41.5 Å². The summed E-state index contributed by atoms with van der Waals surface area (Å²) in [7, 11) is 0. The third-order valence-electron chi connectivity index (χ3n) is 3.81. The molecule has 1 aromatic heterocycles. The van der Waals surface area contributed by atoms with Crippen LogP contribution < -0.4 is 0 Å². The summed E-state index contributed by atoms with van der Waals surface area (Å²) in [4.78, 5) is 26.7. The molecule has 0 N–H and O–H groups in total. The van der Waals surface area contributed by atoms with Crippen LogP contribution in [0.25, 0.3) is 0 Å². The van der Waals surface area contributed by atoms with Crippen molar-refractivity contribution in [3.8, 4) is 0 Å². The zero-order valence-electron chi connectivity index (χ0n) is 14.2. The Kier molecular flexibility index (Phi) is 7.39. The lowest BCUT2D eigenvalue weighted by atomic mass is 10.1. The van der Waals surface area contributed by atoms with E-state index in [-0.39, 0.29) is 23.7 Å². The Bertz CT molecular complexity index is 963. The maximum atomic E-state index is 12.5. The molecule has 0 aliphatic rings. The summed E-state index contributed by atoms with van der Waals surface area (Å²) >= 11 is 12.2. The second kappa shape index (κ2) is 9.54. The molecule has 3 rings (SSSR count). The van der Waals surface area contributed by atoms with Gasteiger partial charge in [-0.3, -0.25) is 10.1 Å². The fraction of sp³-hybridized carbons (Fsp3) is 0.111. The number of nitro benzene ring substituents is 1. The molecule has 1 heterocycles. The van der Waals surface area contributed by atoms with E-state index in [9.17, 15) is 14.9 Å². The van der Waals surface area contributed by atoms with E-state index in [0.29, 0.717) is 22.2 Å². The Balaban J connectivity index is 0.00000280. The monoisotopic (exact) mass is 441 g/mol. The fourth-order valence-corrected chi connectivity index (χ4v) is 2.99. The summed E-state index contributed by atoms with van der Waals surface area (Å²) in [5.74, 6) is -0.624. The maximum absolute atomic E-state index is 12.5. The quantitative estimate of drug-likeness (QED) is 0.300. The molecule has 1 atom stereocenters. The molecular formula is C18H14Cl3N3O4. The lowest BCUT2D eigenvalue weighted by Gasteiger charge is -2.20. The van der Waals surface area contributed by atoms with Crippen molar-refractivity contribution in [1.82, 2.24) is 9.55 Å². The van der Waals surface area contributed by atoms with E-state index >= 15 is 0 Å². The number of carbonyl (C=O) groups is 1. The van der Waals surface area contributed by atoms with E-state index in [1.165, 1.54) is 24.3 Å². The van der Waals surface area contributed by atoms with Gasteiger partial charge in [-0.2, -0.15) is 0 Å². The number of aromatic nitrogens is 2. The lowest BCUT2D eigenvalue weighted by Crippen LogP contribution is -2.17. The van der Waals surface area contributed by atoms with Gasteiger partial charge in [0.25, 0.3) is 5.69 Å². The molecule has 0 aliphatic heterocycles. The van der Waals surface area contributed by atoms with Crippen molar-refractivity contribution < 1.29 is 14.5 Å². The highest BCUT2D eigenvalue weighted by molar-refractivity contribution is 6.35. The van der Waals surface area contributed by atoms with Crippen LogP contribution >= 0.6 is 35.6 Å². The summed E-state index contributed by atoms with van der Waals surface area (Å²) in [6.07, 6.45) is 4.23. The molecule has 2 aromatic carbocycles. The van der Waals surface area contributed by atoms with E-state index < -0.39 is 17.0 Å². The predicted molar refractivity (Wildman–Crippen MR) is 107 cm³/mol. The van der Waals surface area contributed by atoms with Gasteiger partial charge in [-0.1, -0.05) is 29.3 Å². The molecule has 0 radical (unpaired) electrons. The van der Waals surface area contributed by atoms with Crippen molar-refractivity contribution in [2.75, 3.05) is 0 Å². The summed E-state index contributed by atoms with van der Waals surface area (Å²) < 4.78 is 7.38. The highest BCUT2D eigenvalue weighted by atomic mass is 35.5. The Labute approximate surface area is 176 Å². The van der Waals surface area contributed by atoms with Crippen molar-refractivity contribution in [2.45, 2.75) is 12.6 Å². The van der Waals surface area contributed by atoms with Crippen LogP contribution in [0.15, 0.2) is 61.2 Å². The second-order valence-corrected chi connectivity index (χ2v) is 6.47. The largest absolute Gasteiger partial charge is 0.452 e. The molecule has 0 saturated heterocycles.